The number of carbonyl (C=O) groups excluding carboxylic acids is 1. The molecule has 0 bridgehead atoms. The van der Waals surface area contributed by atoms with Gasteiger partial charge in [-0.05, 0) is 32.6 Å². The normalized spacial score (nSPS) is 27.2. The molecule has 0 saturated heterocycles. The zero-order valence-electron chi connectivity index (χ0n) is 13.7. The summed E-state index contributed by atoms with van der Waals surface area (Å²) in [5.41, 5.74) is 0.198. The molecular weight excluding hydrogens is 294 g/mol. The Morgan fingerprint density at radius 2 is 2.26 bits per heavy atom. The van der Waals surface area contributed by atoms with Gasteiger partial charge in [0.1, 0.15) is 5.82 Å². The standard InChI is InChI=1S/C16H25N5O2/c1-2-23-12-9-11(16(12)6-4-7-16)18-15(22)17-10-14-20-19-13-5-3-8-21(13)14/h11-12H,2-10H2,1H3,(H2,17,18,22). The first-order chi connectivity index (χ1) is 11.2. The van der Waals surface area contributed by atoms with E-state index in [1.165, 1.54) is 19.3 Å². The number of rotatable bonds is 5. The van der Waals surface area contributed by atoms with E-state index in [4.69, 9.17) is 4.74 Å². The third-order valence-electron chi connectivity index (χ3n) is 5.84. The van der Waals surface area contributed by atoms with Gasteiger partial charge in [-0.15, -0.1) is 10.2 Å². The molecule has 1 aromatic rings. The predicted molar refractivity (Wildman–Crippen MR) is 83.8 cm³/mol. The van der Waals surface area contributed by atoms with Gasteiger partial charge in [-0.2, -0.15) is 0 Å². The first kappa shape index (κ1) is 14.9. The first-order valence-electron chi connectivity index (χ1n) is 8.80. The average molecular weight is 319 g/mol. The molecule has 2 fully saturated rings. The summed E-state index contributed by atoms with van der Waals surface area (Å²) in [6.45, 7) is 4.19. The second-order valence-electron chi connectivity index (χ2n) is 6.93. The van der Waals surface area contributed by atoms with E-state index in [0.717, 1.165) is 44.1 Å². The molecule has 7 nitrogen and oxygen atoms in total. The topological polar surface area (TPSA) is 81.1 Å². The van der Waals surface area contributed by atoms with Crippen LogP contribution in [-0.2, 0) is 24.2 Å². The number of aryl methyl sites for hydroxylation is 1. The van der Waals surface area contributed by atoms with E-state index in [0.29, 0.717) is 12.6 Å². The van der Waals surface area contributed by atoms with E-state index in [1.807, 2.05) is 6.92 Å². The molecule has 1 aromatic heterocycles. The van der Waals surface area contributed by atoms with E-state index in [-0.39, 0.29) is 17.5 Å². The molecule has 23 heavy (non-hydrogen) atoms. The summed E-state index contributed by atoms with van der Waals surface area (Å²) in [4.78, 5) is 12.2. The number of urea groups is 1. The summed E-state index contributed by atoms with van der Waals surface area (Å²) >= 11 is 0. The van der Waals surface area contributed by atoms with Crippen molar-refractivity contribution in [2.75, 3.05) is 6.61 Å². The van der Waals surface area contributed by atoms with Gasteiger partial charge >= 0.3 is 6.03 Å². The van der Waals surface area contributed by atoms with E-state index in [2.05, 4.69) is 25.4 Å². The molecule has 2 unspecified atom stereocenters. The van der Waals surface area contributed by atoms with Crippen molar-refractivity contribution in [3.63, 3.8) is 0 Å². The molecule has 2 saturated carbocycles. The highest BCUT2D eigenvalue weighted by atomic mass is 16.5. The van der Waals surface area contributed by atoms with Crippen LogP contribution in [0.3, 0.4) is 0 Å². The van der Waals surface area contributed by atoms with Gasteiger partial charge in [0.2, 0.25) is 0 Å². The zero-order valence-corrected chi connectivity index (χ0v) is 13.7. The highest BCUT2D eigenvalue weighted by molar-refractivity contribution is 5.74. The number of nitrogens with one attached hydrogen (secondary N) is 2. The number of amides is 2. The lowest BCUT2D eigenvalue weighted by molar-refractivity contribution is -0.169. The quantitative estimate of drug-likeness (QED) is 0.859. The zero-order chi connectivity index (χ0) is 15.9. The van der Waals surface area contributed by atoms with Gasteiger partial charge < -0.3 is 19.9 Å². The van der Waals surface area contributed by atoms with Gasteiger partial charge in [0.25, 0.3) is 0 Å². The molecule has 2 N–H and O–H groups in total. The van der Waals surface area contributed by atoms with Gasteiger partial charge in [-0.25, -0.2) is 4.79 Å². The minimum atomic E-state index is -0.105. The maximum atomic E-state index is 12.2. The molecule has 3 aliphatic rings. The van der Waals surface area contributed by atoms with E-state index < -0.39 is 0 Å². The molecule has 4 rings (SSSR count). The number of aromatic nitrogens is 3. The molecule has 7 heteroatoms. The fourth-order valence-electron chi connectivity index (χ4n) is 4.35. The highest BCUT2D eigenvalue weighted by Crippen LogP contribution is 2.57. The molecule has 0 aromatic carbocycles. The lowest BCUT2D eigenvalue weighted by Crippen LogP contribution is -2.68. The Kier molecular flexibility index (Phi) is 3.75. The second kappa shape index (κ2) is 5.78. The van der Waals surface area contributed by atoms with Crippen LogP contribution in [0.25, 0.3) is 0 Å². The van der Waals surface area contributed by atoms with E-state index in [1.54, 1.807) is 0 Å². The number of hydrogen-bond donors (Lipinski definition) is 2. The predicted octanol–water partition coefficient (Wildman–Crippen LogP) is 1.37. The molecule has 126 valence electrons. The van der Waals surface area contributed by atoms with Crippen molar-refractivity contribution in [3.05, 3.63) is 11.6 Å². The van der Waals surface area contributed by atoms with Gasteiger partial charge in [0, 0.05) is 31.0 Å². The smallest absolute Gasteiger partial charge is 0.315 e. The van der Waals surface area contributed by atoms with Gasteiger partial charge in [-0.1, -0.05) is 6.42 Å². The largest absolute Gasteiger partial charge is 0.378 e. The van der Waals surface area contributed by atoms with Crippen molar-refractivity contribution >= 4 is 6.03 Å². The Hall–Kier alpha value is -1.63. The molecule has 2 atom stereocenters. The van der Waals surface area contributed by atoms with Crippen molar-refractivity contribution in [2.24, 2.45) is 5.41 Å². The number of fused-ring (bicyclic) bond motifs is 1. The summed E-state index contributed by atoms with van der Waals surface area (Å²) in [7, 11) is 0. The maximum Gasteiger partial charge on any atom is 0.315 e. The van der Waals surface area contributed by atoms with Crippen LogP contribution in [0.5, 0.6) is 0 Å². The average Bonchev–Trinajstić information content (AvgIpc) is 3.05. The fourth-order valence-corrected chi connectivity index (χ4v) is 4.35. The van der Waals surface area contributed by atoms with Crippen LogP contribution in [0, 0.1) is 5.41 Å². The molecule has 1 aliphatic heterocycles. The van der Waals surface area contributed by atoms with Crippen molar-refractivity contribution in [3.8, 4) is 0 Å². The summed E-state index contributed by atoms with van der Waals surface area (Å²) in [6.07, 6.45) is 6.94. The molecule has 1 spiro atoms. The summed E-state index contributed by atoms with van der Waals surface area (Å²) < 4.78 is 7.94. The molecule has 2 aliphatic carbocycles. The number of ether oxygens (including phenoxy) is 1. The van der Waals surface area contributed by atoms with Crippen molar-refractivity contribution in [1.29, 1.82) is 0 Å². The Bertz CT molecular complexity index is 595. The van der Waals surface area contributed by atoms with Crippen LogP contribution in [0.1, 0.15) is 50.7 Å². The van der Waals surface area contributed by atoms with Crippen LogP contribution >= 0.6 is 0 Å². The highest BCUT2D eigenvalue weighted by Gasteiger charge is 2.59. The Morgan fingerprint density at radius 3 is 3.00 bits per heavy atom. The maximum absolute atomic E-state index is 12.2. The van der Waals surface area contributed by atoms with Crippen molar-refractivity contribution < 1.29 is 9.53 Å². The van der Waals surface area contributed by atoms with E-state index >= 15 is 0 Å². The second-order valence-corrected chi connectivity index (χ2v) is 6.93. The fraction of sp³-hybridized carbons (Fsp3) is 0.812. The molecule has 2 heterocycles. The lowest BCUT2D eigenvalue weighted by Gasteiger charge is -2.60. The third-order valence-corrected chi connectivity index (χ3v) is 5.84. The van der Waals surface area contributed by atoms with Crippen LogP contribution in [-0.4, -0.2) is 39.5 Å². The van der Waals surface area contributed by atoms with Crippen LogP contribution in [0.15, 0.2) is 0 Å². The number of nitrogens with zero attached hydrogens (tertiary/aromatic N) is 3. The molecular formula is C16H25N5O2. The SMILES string of the molecule is CCOC1CC(NC(=O)NCc2nnc3n2CCC3)C12CCC2. The Balaban J connectivity index is 1.29. The Morgan fingerprint density at radius 1 is 1.39 bits per heavy atom. The van der Waals surface area contributed by atoms with Gasteiger partial charge in [0.05, 0.1) is 12.6 Å². The number of hydrogen-bond acceptors (Lipinski definition) is 4. The van der Waals surface area contributed by atoms with Crippen LogP contribution in [0.4, 0.5) is 4.79 Å². The van der Waals surface area contributed by atoms with Crippen LogP contribution in [0.2, 0.25) is 0 Å². The van der Waals surface area contributed by atoms with Crippen molar-refractivity contribution in [1.82, 2.24) is 25.4 Å². The third kappa shape index (κ3) is 2.41. The monoisotopic (exact) mass is 319 g/mol. The lowest BCUT2D eigenvalue weighted by atomic mass is 9.51. The molecule has 2 amide bonds. The van der Waals surface area contributed by atoms with Gasteiger partial charge in [0.15, 0.2) is 5.82 Å². The summed E-state index contributed by atoms with van der Waals surface area (Å²) in [6, 6.07) is 0.142. The van der Waals surface area contributed by atoms with Crippen molar-refractivity contribution in [2.45, 2.75) is 70.7 Å². The van der Waals surface area contributed by atoms with Crippen LogP contribution < -0.4 is 10.6 Å². The summed E-state index contributed by atoms with van der Waals surface area (Å²) in [5.74, 6) is 1.89. The first-order valence-corrected chi connectivity index (χ1v) is 8.80. The molecule has 0 radical (unpaired) electrons. The van der Waals surface area contributed by atoms with Gasteiger partial charge in [-0.3, -0.25) is 0 Å². The summed E-state index contributed by atoms with van der Waals surface area (Å²) in [5, 5.41) is 14.4. The number of carbonyl (C=O) groups is 1. The van der Waals surface area contributed by atoms with E-state index in [9.17, 15) is 4.79 Å². The Labute approximate surface area is 136 Å². The minimum absolute atomic E-state index is 0.105. The minimum Gasteiger partial charge on any atom is -0.378 e.